The average molecular weight is 447 g/mol. The number of fused-ring (bicyclic) bond motifs is 1. The second-order valence-corrected chi connectivity index (χ2v) is 7.52. The number of amides is 1. The Morgan fingerprint density at radius 1 is 1.35 bits per heavy atom. The Balaban J connectivity index is 0.000000423. The van der Waals surface area contributed by atoms with Crippen molar-refractivity contribution in [2.45, 2.75) is 32.2 Å². The van der Waals surface area contributed by atoms with E-state index in [9.17, 15) is 18.0 Å². The van der Waals surface area contributed by atoms with Gasteiger partial charge >= 0.3 is 12.1 Å². The van der Waals surface area contributed by atoms with E-state index >= 15 is 0 Å². The van der Waals surface area contributed by atoms with Crippen molar-refractivity contribution < 1.29 is 37.3 Å². The van der Waals surface area contributed by atoms with E-state index in [2.05, 4.69) is 15.2 Å². The van der Waals surface area contributed by atoms with Crippen molar-refractivity contribution in [1.29, 1.82) is 0 Å². The second-order valence-electron chi connectivity index (χ2n) is 7.52. The molecule has 0 aromatic carbocycles. The van der Waals surface area contributed by atoms with E-state index < -0.39 is 12.1 Å². The van der Waals surface area contributed by atoms with Crippen LogP contribution < -0.4 is 5.32 Å². The first kappa shape index (κ1) is 25.0. The average Bonchev–Trinajstić information content (AvgIpc) is 3.16. The van der Waals surface area contributed by atoms with Crippen LogP contribution in [0.5, 0.6) is 0 Å². The van der Waals surface area contributed by atoms with Crippen LogP contribution in [0.3, 0.4) is 0 Å². The summed E-state index contributed by atoms with van der Waals surface area (Å²) >= 11 is 0. The minimum atomic E-state index is -5.08. The number of aromatic nitrogens is 1. The zero-order chi connectivity index (χ0) is 23.0. The lowest BCUT2D eigenvalue weighted by molar-refractivity contribution is -0.192. The normalized spacial score (nSPS) is 23.5. The SMILES string of the molecule is COCCNC(=O)[C@@H]1CN(Cc2cccc(C)n2)C[C@H]2OCC[C@H]21.O=C(O)C(F)(F)F. The number of methoxy groups -OCH3 is 1. The number of carboxylic acids is 1. The molecular weight excluding hydrogens is 419 g/mol. The summed E-state index contributed by atoms with van der Waals surface area (Å²) in [6.45, 7) is 6.26. The lowest BCUT2D eigenvalue weighted by Crippen LogP contribution is -2.52. The molecule has 1 aromatic rings. The highest BCUT2D eigenvalue weighted by atomic mass is 19.4. The maximum Gasteiger partial charge on any atom is 0.490 e. The number of likely N-dealkylation sites (tertiary alicyclic amines) is 1. The van der Waals surface area contributed by atoms with Crippen molar-refractivity contribution in [3.05, 3.63) is 29.6 Å². The quantitative estimate of drug-likeness (QED) is 0.639. The highest BCUT2D eigenvalue weighted by Crippen LogP contribution is 2.34. The Labute approximate surface area is 178 Å². The number of carbonyl (C=O) groups excluding carboxylic acids is 1. The fraction of sp³-hybridized carbons (Fsp3) is 0.650. The number of nitrogens with zero attached hydrogens (tertiary/aromatic N) is 2. The van der Waals surface area contributed by atoms with Crippen molar-refractivity contribution in [1.82, 2.24) is 15.2 Å². The van der Waals surface area contributed by atoms with Crippen molar-refractivity contribution in [3.8, 4) is 0 Å². The van der Waals surface area contributed by atoms with Gasteiger partial charge in [-0.25, -0.2) is 4.79 Å². The third-order valence-corrected chi connectivity index (χ3v) is 5.19. The number of pyridine rings is 1. The van der Waals surface area contributed by atoms with E-state index in [1.165, 1.54) is 0 Å². The van der Waals surface area contributed by atoms with Gasteiger partial charge in [-0.3, -0.25) is 14.7 Å². The number of hydrogen-bond acceptors (Lipinski definition) is 6. The summed E-state index contributed by atoms with van der Waals surface area (Å²) in [5.41, 5.74) is 2.07. The number of nitrogens with one attached hydrogen (secondary N) is 1. The van der Waals surface area contributed by atoms with Gasteiger partial charge < -0.3 is 19.9 Å². The van der Waals surface area contributed by atoms with Crippen molar-refractivity contribution in [2.24, 2.45) is 11.8 Å². The predicted octanol–water partition coefficient (Wildman–Crippen LogP) is 1.62. The number of halogens is 3. The molecule has 3 rings (SSSR count). The summed E-state index contributed by atoms with van der Waals surface area (Å²) in [7, 11) is 1.64. The third-order valence-electron chi connectivity index (χ3n) is 5.19. The molecule has 31 heavy (non-hydrogen) atoms. The molecule has 2 N–H and O–H groups in total. The number of carboxylic acid groups (broad SMARTS) is 1. The molecule has 174 valence electrons. The van der Waals surface area contributed by atoms with Gasteiger partial charge in [0.1, 0.15) is 0 Å². The molecule has 2 aliphatic rings. The van der Waals surface area contributed by atoms with Gasteiger partial charge in [0.15, 0.2) is 0 Å². The number of alkyl halides is 3. The predicted molar refractivity (Wildman–Crippen MR) is 104 cm³/mol. The minimum absolute atomic E-state index is 0.0204. The summed E-state index contributed by atoms with van der Waals surface area (Å²) in [5.74, 6) is -2.33. The Morgan fingerprint density at radius 3 is 2.68 bits per heavy atom. The van der Waals surface area contributed by atoms with Gasteiger partial charge in [-0.1, -0.05) is 6.07 Å². The Bertz CT molecular complexity index is 747. The van der Waals surface area contributed by atoms with Crippen molar-refractivity contribution >= 4 is 11.9 Å². The van der Waals surface area contributed by atoms with Crippen LogP contribution >= 0.6 is 0 Å². The van der Waals surface area contributed by atoms with Crippen LogP contribution in [0.15, 0.2) is 18.2 Å². The summed E-state index contributed by atoms with van der Waals surface area (Å²) in [4.78, 5) is 28.4. The number of piperidine rings is 1. The number of aryl methyl sites for hydroxylation is 1. The topological polar surface area (TPSA) is 101 Å². The summed E-state index contributed by atoms with van der Waals surface area (Å²) < 4.78 is 42.6. The van der Waals surface area contributed by atoms with Crippen molar-refractivity contribution in [3.63, 3.8) is 0 Å². The lowest BCUT2D eigenvalue weighted by Gasteiger charge is -2.39. The molecule has 3 heterocycles. The first-order valence-electron chi connectivity index (χ1n) is 9.95. The Morgan fingerprint density at radius 2 is 2.06 bits per heavy atom. The van der Waals surface area contributed by atoms with E-state index in [4.69, 9.17) is 19.4 Å². The van der Waals surface area contributed by atoms with Crippen molar-refractivity contribution in [2.75, 3.05) is 40.0 Å². The third kappa shape index (κ3) is 7.75. The standard InChI is InChI=1S/C18H27N3O3.C2HF3O2/c1-13-4-3-5-14(20-13)10-21-11-16(18(22)19-7-9-23-2)15-6-8-24-17(15)12-21;3-2(4,5)1(6)7/h3-5,15-17H,6-12H2,1-2H3,(H,19,22);(H,6,7)/t15-,16+,17+;/m0./s1. The lowest BCUT2D eigenvalue weighted by atomic mass is 9.82. The molecular formula is C20H28F3N3O5. The molecule has 1 aromatic heterocycles. The van der Waals surface area contributed by atoms with Crippen LogP contribution in [0, 0.1) is 18.8 Å². The highest BCUT2D eigenvalue weighted by molar-refractivity contribution is 5.79. The monoisotopic (exact) mass is 447 g/mol. The number of rotatable bonds is 6. The molecule has 0 saturated carbocycles. The molecule has 0 bridgehead atoms. The summed E-state index contributed by atoms with van der Waals surface area (Å²) in [5, 5.41) is 10.1. The van der Waals surface area contributed by atoms with Crippen LogP contribution in [0.4, 0.5) is 13.2 Å². The number of ether oxygens (including phenoxy) is 2. The van der Waals surface area contributed by atoms with Gasteiger partial charge in [-0.15, -0.1) is 0 Å². The molecule has 3 atom stereocenters. The molecule has 0 aliphatic carbocycles. The van der Waals surface area contributed by atoms with Gasteiger partial charge in [0.2, 0.25) is 5.91 Å². The first-order chi connectivity index (χ1) is 14.6. The van der Waals surface area contributed by atoms with Crippen LogP contribution in [0.25, 0.3) is 0 Å². The first-order valence-corrected chi connectivity index (χ1v) is 9.95. The fourth-order valence-corrected chi connectivity index (χ4v) is 3.79. The van der Waals surface area contributed by atoms with Crippen LogP contribution in [-0.2, 0) is 25.6 Å². The van der Waals surface area contributed by atoms with Crippen LogP contribution in [-0.4, -0.2) is 79.1 Å². The molecule has 2 saturated heterocycles. The smallest absolute Gasteiger partial charge is 0.475 e. The maximum atomic E-state index is 12.6. The fourth-order valence-electron chi connectivity index (χ4n) is 3.79. The van der Waals surface area contributed by atoms with Gasteiger partial charge in [0, 0.05) is 51.5 Å². The minimum Gasteiger partial charge on any atom is -0.475 e. The van der Waals surface area contributed by atoms with Gasteiger partial charge in [-0.2, -0.15) is 13.2 Å². The number of hydrogen-bond donors (Lipinski definition) is 2. The molecule has 0 spiro atoms. The number of carbonyl (C=O) groups is 2. The molecule has 0 unspecified atom stereocenters. The van der Waals surface area contributed by atoms with E-state index in [1.54, 1.807) is 7.11 Å². The highest BCUT2D eigenvalue weighted by Gasteiger charge is 2.43. The Kier molecular flexibility index (Phi) is 9.20. The molecule has 1 amide bonds. The molecule has 2 fully saturated rings. The zero-order valence-corrected chi connectivity index (χ0v) is 17.5. The van der Waals surface area contributed by atoms with Crippen LogP contribution in [0.2, 0.25) is 0 Å². The Hall–Kier alpha value is -2.24. The summed E-state index contributed by atoms with van der Waals surface area (Å²) in [6, 6.07) is 6.08. The van der Waals surface area contributed by atoms with Gasteiger partial charge in [-0.05, 0) is 25.5 Å². The molecule has 2 aliphatic heterocycles. The van der Waals surface area contributed by atoms with E-state index in [-0.39, 0.29) is 17.9 Å². The van der Waals surface area contributed by atoms with E-state index in [1.807, 2.05) is 25.1 Å². The van der Waals surface area contributed by atoms with Crippen LogP contribution in [0.1, 0.15) is 17.8 Å². The van der Waals surface area contributed by atoms with Gasteiger partial charge in [0.05, 0.1) is 24.3 Å². The summed E-state index contributed by atoms with van der Waals surface area (Å²) in [6.07, 6.45) is -3.95. The largest absolute Gasteiger partial charge is 0.490 e. The number of aliphatic carboxylic acids is 1. The second kappa shape index (κ2) is 11.4. The molecule has 11 heteroatoms. The molecule has 0 radical (unpaired) electrons. The zero-order valence-electron chi connectivity index (χ0n) is 17.5. The van der Waals surface area contributed by atoms with E-state index in [0.29, 0.717) is 19.1 Å². The molecule has 8 nitrogen and oxygen atoms in total. The van der Waals surface area contributed by atoms with Gasteiger partial charge in [0.25, 0.3) is 0 Å². The van der Waals surface area contributed by atoms with E-state index in [0.717, 1.165) is 44.0 Å². The maximum absolute atomic E-state index is 12.6.